The molecule has 3 rings (SSSR count). The molecule has 0 aromatic heterocycles. The van der Waals surface area contributed by atoms with Crippen LogP contribution in [0.2, 0.25) is 0 Å². The van der Waals surface area contributed by atoms with Crippen LogP contribution in [-0.4, -0.2) is 41.2 Å². The molecule has 1 aromatic carbocycles. The first-order valence-corrected chi connectivity index (χ1v) is 8.61. The zero-order valence-corrected chi connectivity index (χ0v) is 14.2. The number of anilines is 1. The van der Waals surface area contributed by atoms with E-state index in [2.05, 4.69) is 17.2 Å². The van der Waals surface area contributed by atoms with Crippen LogP contribution in [0.3, 0.4) is 0 Å². The summed E-state index contributed by atoms with van der Waals surface area (Å²) in [4.78, 5) is 37.5. The van der Waals surface area contributed by atoms with Gasteiger partial charge in [-0.25, -0.2) is 0 Å². The number of piperidine rings is 1. The zero-order valence-electron chi connectivity index (χ0n) is 14.2. The third-order valence-electron chi connectivity index (χ3n) is 5.11. The Hall–Kier alpha value is -2.63. The standard InChI is InChI=1S/C19H23N3O3/c1-2-16(23)20-15-6-4-3-5-14(15)13-18(25)22-11-9-19(10-12-22)8-7-17(24)21-19/h2-6H,1,7-13H2,(H,20,23)(H,21,24). The molecule has 1 spiro atoms. The molecule has 0 atom stereocenters. The molecule has 1 aromatic rings. The molecule has 0 aliphatic carbocycles. The van der Waals surface area contributed by atoms with E-state index in [4.69, 9.17) is 0 Å². The molecule has 2 aliphatic rings. The van der Waals surface area contributed by atoms with E-state index in [-0.39, 0.29) is 29.7 Å². The Bertz CT molecular complexity index is 706. The minimum atomic E-state index is -0.295. The second-order valence-corrected chi connectivity index (χ2v) is 6.74. The number of amides is 3. The second kappa shape index (κ2) is 7.09. The lowest BCUT2D eigenvalue weighted by Crippen LogP contribution is -2.52. The molecule has 3 amide bonds. The molecule has 0 unspecified atom stereocenters. The summed E-state index contributed by atoms with van der Waals surface area (Å²) in [6.07, 6.45) is 4.51. The quantitative estimate of drug-likeness (QED) is 0.817. The number of hydrogen-bond acceptors (Lipinski definition) is 3. The van der Waals surface area contributed by atoms with Crippen molar-refractivity contribution in [1.29, 1.82) is 0 Å². The van der Waals surface area contributed by atoms with Crippen molar-refractivity contribution < 1.29 is 14.4 Å². The first kappa shape index (κ1) is 17.2. The number of hydrogen-bond donors (Lipinski definition) is 2. The molecule has 6 heteroatoms. The van der Waals surface area contributed by atoms with Gasteiger partial charge in [0.2, 0.25) is 17.7 Å². The largest absolute Gasteiger partial charge is 0.351 e. The Morgan fingerprint density at radius 3 is 2.60 bits per heavy atom. The first-order valence-electron chi connectivity index (χ1n) is 8.61. The summed E-state index contributed by atoms with van der Waals surface area (Å²) in [5.41, 5.74) is 1.32. The number of carbonyl (C=O) groups is 3. The van der Waals surface area contributed by atoms with Gasteiger partial charge in [0, 0.05) is 30.7 Å². The number of nitrogens with one attached hydrogen (secondary N) is 2. The Balaban J connectivity index is 1.61. The number of para-hydroxylation sites is 1. The van der Waals surface area contributed by atoms with Crippen LogP contribution in [0.1, 0.15) is 31.2 Å². The average molecular weight is 341 g/mol. The fourth-order valence-electron chi connectivity index (χ4n) is 3.59. The van der Waals surface area contributed by atoms with Crippen LogP contribution in [0, 0.1) is 0 Å². The van der Waals surface area contributed by atoms with Crippen LogP contribution < -0.4 is 10.6 Å². The van der Waals surface area contributed by atoms with Crippen molar-refractivity contribution in [3.05, 3.63) is 42.5 Å². The monoisotopic (exact) mass is 341 g/mol. The van der Waals surface area contributed by atoms with E-state index in [9.17, 15) is 14.4 Å². The third-order valence-corrected chi connectivity index (χ3v) is 5.11. The summed E-state index contributed by atoms with van der Waals surface area (Å²) in [7, 11) is 0. The average Bonchev–Trinajstić information content (AvgIpc) is 2.97. The van der Waals surface area contributed by atoms with E-state index >= 15 is 0 Å². The van der Waals surface area contributed by atoms with Gasteiger partial charge in [0.25, 0.3) is 0 Å². The molecule has 2 N–H and O–H groups in total. The van der Waals surface area contributed by atoms with Crippen molar-refractivity contribution in [3.8, 4) is 0 Å². The first-order chi connectivity index (χ1) is 12.0. The molecule has 25 heavy (non-hydrogen) atoms. The number of likely N-dealkylation sites (tertiary alicyclic amines) is 1. The lowest BCUT2D eigenvalue weighted by molar-refractivity contribution is -0.132. The number of carbonyl (C=O) groups excluding carboxylic acids is 3. The predicted molar refractivity (Wildman–Crippen MR) is 94.9 cm³/mol. The van der Waals surface area contributed by atoms with E-state index in [1.165, 1.54) is 6.08 Å². The normalized spacial score (nSPS) is 18.7. The summed E-state index contributed by atoms with van der Waals surface area (Å²) < 4.78 is 0. The Kier molecular flexibility index (Phi) is 4.88. The maximum atomic E-state index is 12.6. The lowest BCUT2D eigenvalue weighted by atomic mass is 9.86. The van der Waals surface area contributed by atoms with Gasteiger partial charge in [0.1, 0.15) is 0 Å². The fraction of sp³-hybridized carbons (Fsp3) is 0.421. The van der Waals surface area contributed by atoms with E-state index in [1.54, 1.807) is 6.07 Å². The molecular weight excluding hydrogens is 318 g/mol. The van der Waals surface area contributed by atoms with Gasteiger partial charge in [-0.1, -0.05) is 24.8 Å². The Morgan fingerprint density at radius 1 is 1.24 bits per heavy atom. The maximum Gasteiger partial charge on any atom is 0.247 e. The van der Waals surface area contributed by atoms with E-state index in [0.29, 0.717) is 25.2 Å². The molecule has 0 bridgehead atoms. The number of rotatable bonds is 4. The van der Waals surface area contributed by atoms with Crippen LogP contribution in [0.25, 0.3) is 0 Å². The van der Waals surface area contributed by atoms with Crippen LogP contribution in [0.5, 0.6) is 0 Å². The van der Waals surface area contributed by atoms with E-state index in [0.717, 1.165) is 24.8 Å². The highest BCUT2D eigenvalue weighted by atomic mass is 16.2. The molecule has 2 heterocycles. The van der Waals surface area contributed by atoms with Gasteiger partial charge in [-0.3, -0.25) is 14.4 Å². The van der Waals surface area contributed by atoms with E-state index in [1.807, 2.05) is 23.1 Å². The SMILES string of the molecule is C=CC(=O)Nc1ccccc1CC(=O)N1CCC2(CCC(=O)N2)CC1. The molecule has 2 fully saturated rings. The van der Waals surface area contributed by atoms with Crippen molar-refractivity contribution in [2.24, 2.45) is 0 Å². The molecule has 0 saturated carbocycles. The molecular formula is C19H23N3O3. The van der Waals surface area contributed by atoms with Crippen LogP contribution >= 0.6 is 0 Å². The summed E-state index contributed by atoms with van der Waals surface area (Å²) in [5.74, 6) is -0.136. The Labute approximate surface area is 147 Å². The van der Waals surface area contributed by atoms with E-state index < -0.39 is 0 Å². The summed E-state index contributed by atoms with van der Waals surface area (Å²) >= 11 is 0. The van der Waals surface area contributed by atoms with Gasteiger partial charge in [-0.15, -0.1) is 0 Å². The van der Waals surface area contributed by atoms with Gasteiger partial charge in [0.15, 0.2) is 0 Å². The van der Waals surface area contributed by atoms with Gasteiger partial charge in [-0.2, -0.15) is 0 Å². The summed E-state index contributed by atoms with van der Waals surface area (Å²) in [6.45, 7) is 4.75. The van der Waals surface area contributed by atoms with Gasteiger partial charge in [0.05, 0.1) is 6.42 Å². The summed E-state index contributed by atoms with van der Waals surface area (Å²) in [5, 5.41) is 5.82. The van der Waals surface area contributed by atoms with Gasteiger partial charge in [-0.05, 0) is 37.0 Å². The minimum Gasteiger partial charge on any atom is -0.351 e. The van der Waals surface area contributed by atoms with Crippen molar-refractivity contribution in [3.63, 3.8) is 0 Å². The smallest absolute Gasteiger partial charge is 0.247 e. The molecule has 2 aliphatic heterocycles. The van der Waals surface area contributed by atoms with Crippen LogP contribution in [0.4, 0.5) is 5.69 Å². The highest BCUT2D eigenvalue weighted by Gasteiger charge is 2.40. The van der Waals surface area contributed by atoms with Crippen molar-refractivity contribution in [2.45, 2.75) is 37.6 Å². The van der Waals surface area contributed by atoms with Crippen LogP contribution in [0.15, 0.2) is 36.9 Å². The second-order valence-electron chi connectivity index (χ2n) is 6.74. The van der Waals surface area contributed by atoms with Crippen molar-refractivity contribution in [1.82, 2.24) is 10.2 Å². The number of nitrogens with zero attached hydrogens (tertiary/aromatic N) is 1. The topological polar surface area (TPSA) is 78.5 Å². The third kappa shape index (κ3) is 3.90. The number of benzene rings is 1. The molecule has 132 valence electrons. The molecule has 2 saturated heterocycles. The van der Waals surface area contributed by atoms with Gasteiger partial charge >= 0.3 is 0 Å². The van der Waals surface area contributed by atoms with Gasteiger partial charge < -0.3 is 15.5 Å². The fourth-order valence-corrected chi connectivity index (χ4v) is 3.59. The molecule has 0 radical (unpaired) electrons. The van der Waals surface area contributed by atoms with Crippen LogP contribution in [-0.2, 0) is 20.8 Å². The lowest BCUT2D eigenvalue weighted by Gasteiger charge is -2.39. The molecule has 6 nitrogen and oxygen atoms in total. The predicted octanol–water partition coefficient (Wildman–Crippen LogP) is 1.62. The summed E-state index contributed by atoms with van der Waals surface area (Å²) in [6, 6.07) is 7.30. The Morgan fingerprint density at radius 2 is 1.96 bits per heavy atom. The zero-order chi connectivity index (χ0) is 17.9. The minimum absolute atomic E-state index is 0.0412. The van der Waals surface area contributed by atoms with Crippen molar-refractivity contribution in [2.75, 3.05) is 18.4 Å². The maximum absolute atomic E-state index is 12.6. The highest BCUT2D eigenvalue weighted by Crippen LogP contribution is 2.31. The highest BCUT2D eigenvalue weighted by molar-refractivity contribution is 5.99. The van der Waals surface area contributed by atoms with Crippen molar-refractivity contribution >= 4 is 23.4 Å².